The highest BCUT2D eigenvalue weighted by Crippen LogP contribution is 2.34. The first-order chi connectivity index (χ1) is 18.6. The van der Waals surface area contributed by atoms with Crippen LogP contribution in [0.4, 0.5) is 23.0 Å². The minimum absolute atomic E-state index is 0.353. The van der Waals surface area contributed by atoms with Gasteiger partial charge in [0.1, 0.15) is 17.9 Å². The van der Waals surface area contributed by atoms with E-state index < -0.39 is 5.97 Å². The Balaban J connectivity index is 1.46. The van der Waals surface area contributed by atoms with E-state index in [9.17, 15) is 9.59 Å². The van der Waals surface area contributed by atoms with Crippen molar-refractivity contribution in [3.63, 3.8) is 0 Å². The molecule has 0 radical (unpaired) electrons. The number of methoxy groups -OCH3 is 2. The summed E-state index contributed by atoms with van der Waals surface area (Å²) in [6.45, 7) is 2.83. The van der Waals surface area contributed by atoms with E-state index in [4.69, 9.17) is 14.2 Å². The van der Waals surface area contributed by atoms with E-state index in [1.54, 1.807) is 30.5 Å². The van der Waals surface area contributed by atoms with Gasteiger partial charge in [-0.3, -0.25) is 4.79 Å². The maximum Gasteiger partial charge on any atom is 0.337 e. The van der Waals surface area contributed by atoms with Crippen molar-refractivity contribution in [1.29, 1.82) is 0 Å². The van der Waals surface area contributed by atoms with Crippen LogP contribution in [0.15, 0.2) is 61.1 Å². The number of pyridine rings is 1. The van der Waals surface area contributed by atoms with Crippen LogP contribution in [0.3, 0.4) is 0 Å². The molecule has 4 aromatic rings. The number of benzene rings is 2. The predicted octanol–water partition coefficient (Wildman–Crippen LogP) is 3.65. The highest BCUT2D eigenvalue weighted by atomic mass is 16.5. The summed E-state index contributed by atoms with van der Waals surface area (Å²) in [6, 6.07) is 13.6. The van der Waals surface area contributed by atoms with Crippen LogP contribution in [0.5, 0.6) is 5.75 Å². The van der Waals surface area contributed by atoms with Crippen LogP contribution < -0.4 is 20.3 Å². The Kier molecular flexibility index (Phi) is 7.27. The molecular formula is C27H26N6O5. The second-order valence-electron chi connectivity index (χ2n) is 8.41. The number of anilines is 4. The van der Waals surface area contributed by atoms with Crippen LogP contribution in [-0.4, -0.2) is 67.4 Å². The molecule has 194 valence electrons. The normalized spacial score (nSPS) is 13.2. The van der Waals surface area contributed by atoms with Gasteiger partial charge in [-0.2, -0.15) is 0 Å². The van der Waals surface area contributed by atoms with Gasteiger partial charge in [-0.05, 0) is 42.5 Å². The van der Waals surface area contributed by atoms with E-state index in [0.717, 1.165) is 18.8 Å². The number of morpholine rings is 1. The summed E-state index contributed by atoms with van der Waals surface area (Å²) in [7, 11) is 2.82. The van der Waals surface area contributed by atoms with Crippen LogP contribution in [0, 0.1) is 0 Å². The van der Waals surface area contributed by atoms with E-state index in [2.05, 4.69) is 30.5 Å². The first kappa shape index (κ1) is 24.9. The van der Waals surface area contributed by atoms with E-state index in [-0.39, 0.29) is 5.91 Å². The minimum Gasteiger partial charge on any atom is -0.494 e. The Morgan fingerprint density at radius 3 is 2.45 bits per heavy atom. The molecule has 1 aliphatic rings. The number of hydrogen-bond donors (Lipinski definition) is 2. The van der Waals surface area contributed by atoms with Crippen molar-refractivity contribution in [3.05, 3.63) is 72.2 Å². The summed E-state index contributed by atoms with van der Waals surface area (Å²) in [5.41, 5.74) is 2.73. The molecule has 5 rings (SSSR count). The largest absolute Gasteiger partial charge is 0.494 e. The Labute approximate surface area is 218 Å². The number of nitrogens with one attached hydrogen (secondary N) is 2. The average molecular weight is 515 g/mol. The number of esters is 1. The number of carbonyl (C=O) groups excluding carboxylic acids is 2. The Morgan fingerprint density at radius 1 is 0.947 bits per heavy atom. The molecule has 0 aliphatic carbocycles. The van der Waals surface area contributed by atoms with Gasteiger partial charge in [0.25, 0.3) is 5.91 Å². The van der Waals surface area contributed by atoms with Crippen molar-refractivity contribution in [3.8, 4) is 5.75 Å². The van der Waals surface area contributed by atoms with E-state index in [0.29, 0.717) is 58.3 Å². The molecule has 0 saturated carbocycles. The monoisotopic (exact) mass is 514 g/mol. The average Bonchev–Trinajstić information content (AvgIpc) is 2.97. The van der Waals surface area contributed by atoms with Crippen molar-refractivity contribution >= 4 is 45.8 Å². The fourth-order valence-electron chi connectivity index (χ4n) is 4.18. The second-order valence-corrected chi connectivity index (χ2v) is 8.41. The topological polar surface area (TPSA) is 128 Å². The molecule has 0 spiro atoms. The van der Waals surface area contributed by atoms with Crippen LogP contribution in [0.2, 0.25) is 0 Å². The van der Waals surface area contributed by atoms with Crippen molar-refractivity contribution in [2.45, 2.75) is 0 Å². The van der Waals surface area contributed by atoms with E-state index in [1.165, 1.54) is 32.7 Å². The van der Waals surface area contributed by atoms with Gasteiger partial charge in [0.15, 0.2) is 5.82 Å². The smallest absolute Gasteiger partial charge is 0.337 e. The molecule has 2 N–H and O–H groups in total. The number of rotatable bonds is 7. The summed E-state index contributed by atoms with van der Waals surface area (Å²) in [4.78, 5) is 40.3. The minimum atomic E-state index is -0.474. The van der Waals surface area contributed by atoms with Crippen molar-refractivity contribution < 1.29 is 23.8 Å². The first-order valence-electron chi connectivity index (χ1n) is 11.9. The number of amides is 1. The number of hydrogen-bond acceptors (Lipinski definition) is 10. The third-order valence-electron chi connectivity index (χ3n) is 6.15. The molecule has 1 aliphatic heterocycles. The molecule has 0 unspecified atom stereocenters. The van der Waals surface area contributed by atoms with E-state index in [1.807, 2.05) is 12.1 Å². The highest BCUT2D eigenvalue weighted by molar-refractivity contribution is 6.07. The zero-order chi connectivity index (χ0) is 26.5. The third kappa shape index (κ3) is 5.18. The SMILES string of the molecule is COC(=O)c1ccc(C(=O)Nc2cc3c(Nc4ncccc4N4CCOCC4)ncnc3cc2OC)cc1. The van der Waals surface area contributed by atoms with Gasteiger partial charge in [-0.25, -0.2) is 19.7 Å². The van der Waals surface area contributed by atoms with Gasteiger partial charge in [-0.1, -0.05) is 0 Å². The molecule has 2 aromatic carbocycles. The molecule has 1 fully saturated rings. The molecule has 11 heteroatoms. The summed E-state index contributed by atoms with van der Waals surface area (Å²) < 4.78 is 15.7. The van der Waals surface area contributed by atoms with Gasteiger partial charge >= 0.3 is 5.97 Å². The van der Waals surface area contributed by atoms with Gasteiger partial charge in [0, 0.05) is 36.3 Å². The molecule has 11 nitrogen and oxygen atoms in total. The molecule has 2 aromatic heterocycles. The maximum absolute atomic E-state index is 13.0. The lowest BCUT2D eigenvalue weighted by Crippen LogP contribution is -2.36. The van der Waals surface area contributed by atoms with Crippen LogP contribution in [0.1, 0.15) is 20.7 Å². The lowest BCUT2D eigenvalue weighted by Gasteiger charge is -2.30. The van der Waals surface area contributed by atoms with Crippen LogP contribution >= 0.6 is 0 Å². The van der Waals surface area contributed by atoms with Crippen LogP contribution in [-0.2, 0) is 9.47 Å². The summed E-state index contributed by atoms with van der Waals surface area (Å²) >= 11 is 0. The van der Waals surface area contributed by atoms with Crippen molar-refractivity contribution in [1.82, 2.24) is 15.0 Å². The number of ether oxygens (including phenoxy) is 3. The molecule has 38 heavy (non-hydrogen) atoms. The number of nitrogens with zero attached hydrogens (tertiary/aromatic N) is 4. The summed E-state index contributed by atoms with van der Waals surface area (Å²) in [5.74, 6) is 0.779. The lowest BCUT2D eigenvalue weighted by molar-refractivity contribution is 0.0600. The molecular weight excluding hydrogens is 488 g/mol. The zero-order valence-corrected chi connectivity index (χ0v) is 20.9. The van der Waals surface area contributed by atoms with Crippen LogP contribution in [0.25, 0.3) is 10.9 Å². The fraction of sp³-hybridized carbons (Fsp3) is 0.222. The standard InChI is InChI=1S/C27H26N6O5/c1-36-23-15-20-19(14-21(23)31-26(34)17-5-7-18(8-6-17)27(35)37-2)24(30-16-29-20)32-25-22(4-3-9-28-25)33-10-12-38-13-11-33/h3-9,14-16H,10-13H2,1-2H3,(H,31,34)(H,28,29,30,32). The highest BCUT2D eigenvalue weighted by Gasteiger charge is 2.18. The Hall–Kier alpha value is -4.77. The number of fused-ring (bicyclic) bond motifs is 1. The first-order valence-corrected chi connectivity index (χ1v) is 11.9. The molecule has 1 saturated heterocycles. The third-order valence-corrected chi connectivity index (χ3v) is 6.15. The molecule has 3 heterocycles. The van der Waals surface area contributed by atoms with Crippen molar-refractivity contribution in [2.75, 3.05) is 56.1 Å². The lowest BCUT2D eigenvalue weighted by atomic mass is 10.1. The van der Waals surface area contributed by atoms with Gasteiger partial charge < -0.3 is 29.7 Å². The summed E-state index contributed by atoms with van der Waals surface area (Å²) in [5, 5.41) is 6.90. The number of aromatic nitrogens is 3. The fourth-order valence-corrected chi connectivity index (χ4v) is 4.18. The second kappa shape index (κ2) is 11.1. The Morgan fingerprint density at radius 2 is 1.71 bits per heavy atom. The molecule has 1 amide bonds. The molecule has 0 atom stereocenters. The Bertz CT molecular complexity index is 1470. The summed E-state index contributed by atoms with van der Waals surface area (Å²) in [6.07, 6.45) is 3.18. The van der Waals surface area contributed by atoms with Gasteiger partial charge in [-0.15, -0.1) is 0 Å². The van der Waals surface area contributed by atoms with Gasteiger partial charge in [0.2, 0.25) is 0 Å². The number of carbonyl (C=O) groups is 2. The maximum atomic E-state index is 13.0. The zero-order valence-electron chi connectivity index (χ0n) is 20.9. The van der Waals surface area contributed by atoms with E-state index >= 15 is 0 Å². The molecule has 0 bridgehead atoms. The quantitative estimate of drug-likeness (QED) is 0.353. The van der Waals surface area contributed by atoms with Gasteiger partial charge in [0.05, 0.1) is 49.9 Å². The van der Waals surface area contributed by atoms with Crippen molar-refractivity contribution in [2.24, 2.45) is 0 Å². The predicted molar refractivity (Wildman–Crippen MR) is 142 cm³/mol.